The molecule has 0 atom stereocenters. The van der Waals surface area contributed by atoms with Gasteiger partial charge in [-0.2, -0.15) is 0 Å². The summed E-state index contributed by atoms with van der Waals surface area (Å²) in [5.41, 5.74) is 0.231. The fourth-order valence-electron chi connectivity index (χ4n) is 1.11. The van der Waals surface area contributed by atoms with Crippen molar-refractivity contribution in [2.24, 2.45) is 0 Å². The Kier molecular flexibility index (Phi) is 3.89. The van der Waals surface area contributed by atoms with E-state index in [1.165, 1.54) is 0 Å². The van der Waals surface area contributed by atoms with Crippen LogP contribution in [0.3, 0.4) is 0 Å². The summed E-state index contributed by atoms with van der Waals surface area (Å²) in [7, 11) is 1.54. The van der Waals surface area contributed by atoms with Crippen LogP contribution in [0.5, 0.6) is 0 Å². The Morgan fingerprint density at radius 2 is 1.87 bits per heavy atom. The molecule has 3 heteroatoms. The lowest BCUT2D eigenvalue weighted by Gasteiger charge is -2.21. The van der Waals surface area contributed by atoms with Crippen molar-refractivity contribution in [3.63, 3.8) is 0 Å². The first kappa shape index (κ1) is 12.2. The number of methoxy groups -OCH3 is 1. The maximum absolute atomic E-state index is 11.8. The van der Waals surface area contributed by atoms with E-state index in [0.29, 0.717) is 11.4 Å². The topological polar surface area (TPSA) is 26.3 Å². The summed E-state index contributed by atoms with van der Waals surface area (Å²) in [4.78, 5) is 11.8. The largest absolute Gasteiger partial charge is 0.371 e. The van der Waals surface area contributed by atoms with Gasteiger partial charge in [0, 0.05) is 18.6 Å². The standard InChI is InChI=1S/C12H15ClO2/c1-12(2,15-3)11(14)8-9-4-6-10(13)7-5-9/h4-7H,8H2,1-3H3. The molecule has 0 aliphatic carbocycles. The van der Waals surface area contributed by atoms with Gasteiger partial charge in [-0.25, -0.2) is 0 Å². The maximum atomic E-state index is 11.8. The Morgan fingerprint density at radius 3 is 2.33 bits per heavy atom. The van der Waals surface area contributed by atoms with Crippen LogP contribution in [0.4, 0.5) is 0 Å². The molecule has 2 nitrogen and oxygen atoms in total. The molecule has 1 aromatic carbocycles. The summed E-state index contributed by atoms with van der Waals surface area (Å²) >= 11 is 5.76. The highest BCUT2D eigenvalue weighted by Gasteiger charge is 2.26. The van der Waals surface area contributed by atoms with E-state index in [-0.39, 0.29) is 5.78 Å². The fourth-order valence-corrected chi connectivity index (χ4v) is 1.24. The maximum Gasteiger partial charge on any atom is 0.168 e. The Morgan fingerprint density at radius 1 is 1.33 bits per heavy atom. The van der Waals surface area contributed by atoms with Crippen LogP contribution in [0.1, 0.15) is 19.4 Å². The smallest absolute Gasteiger partial charge is 0.168 e. The van der Waals surface area contributed by atoms with Crippen molar-refractivity contribution in [2.75, 3.05) is 7.11 Å². The minimum absolute atomic E-state index is 0.0623. The Balaban J connectivity index is 2.71. The molecule has 0 fully saturated rings. The molecule has 1 aromatic rings. The monoisotopic (exact) mass is 226 g/mol. The van der Waals surface area contributed by atoms with Crippen molar-refractivity contribution in [2.45, 2.75) is 25.9 Å². The van der Waals surface area contributed by atoms with E-state index >= 15 is 0 Å². The van der Waals surface area contributed by atoms with Gasteiger partial charge in [0.25, 0.3) is 0 Å². The van der Waals surface area contributed by atoms with E-state index in [0.717, 1.165) is 5.56 Å². The Labute approximate surface area is 95.2 Å². The van der Waals surface area contributed by atoms with Crippen LogP contribution in [-0.4, -0.2) is 18.5 Å². The second-order valence-corrected chi connectivity index (χ2v) is 4.38. The molecule has 1 rings (SSSR count). The van der Waals surface area contributed by atoms with Crippen LogP contribution < -0.4 is 0 Å². The number of carbonyl (C=O) groups excluding carboxylic acids is 1. The molecule has 0 radical (unpaired) electrons. The van der Waals surface area contributed by atoms with E-state index in [2.05, 4.69) is 0 Å². The lowest BCUT2D eigenvalue weighted by Crippen LogP contribution is -2.35. The average Bonchev–Trinajstić information content (AvgIpc) is 2.21. The SMILES string of the molecule is COC(C)(C)C(=O)Cc1ccc(Cl)cc1. The van der Waals surface area contributed by atoms with Crippen LogP contribution in [-0.2, 0) is 16.0 Å². The van der Waals surface area contributed by atoms with Crippen LogP contribution >= 0.6 is 11.6 Å². The van der Waals surface area contributed by atoms with Gasteiger partial charge in [0.15, 0.2) is 5.78 Å². The third-order valence-corrected chi connectivity index (χ3v) is 2.71. The number of hydrogen-bond acceptors (Lipinski definition) is 2. The highest BCUT2D eigenvalue weighted by Crippen LogP contribution is 2.15. The molecule has 0 saturated carbocycles. The first-order valence-corrected chi connectivity index (χ1v) is 5.16. The van der Waals surface area contributed by atoms with Gasteiger partial charge in [-0.1, -0.05) is 23.7 Å². The lowest BCUT2D eigenvalue weighted by atomic mass is 9.97. The molecule has 15 heavy (non-hydrogen) atoms. The zero-order chi connectivity index (χ0) is 11.5. The number of Topliss-reactive ketones (excluding diaryl/α,β-unsaturated/α-hetero) is 1. The quantitative estimate of drug-likeness (QED) is 0.789. The molecule has 0 aliphatic rings. The summed E-state index contributed by atoms with van der Waals surface area (Å²) in [6, 6.07) is 7.27. The van der Waals surface area contributed by atoms with Gasteiger partial charge >= 0.3 is 0 Å². The molecule has 0 heterocycles. The van der Waals surface area contributed by atoms with Gasteiger partial charge in [-0.05, 0) is 31.5 Å². The van der Waals surface area contributed by atoms with Crippen molar-refractivity contribution >= 4 is 17.4 Å². The molecule has 82 valence electrons. The highest BCUT2D eigenvalue weighted by atomic mass is 35.5. The number of carbonyl (C=O) groups is 1. The van der Waals surface area contributed by atoms with E-state index in [1.54, 1.807) is 33.1 Å². The number of benzene rings is 1. The fraction of sp³-hybridized carbons (Fsp3) is 0.417. The van der Waals surface area contributed by atoms with Crippen molar-refractivity contribution in [3.8, 4) is 0 Å². The number of ketones is 1. The number of halogens is 1. The van der Waals surface area contributed by atoms with Gasteiger partial charge in [0.1, 0.15) is 5.60 Å². The first-order chi connectivity index (χ1) is 6.95. The molecule has 0 N–H and O–H groups in total. The van der Waals surface area contributed by atoms with Crippen LogP contribution in [0.2, 0.25) is 5.02 Å². The zero-order valence-electron chi connectivity index (χ0n) is 9.21. The van der Waals surface area contributed by atoms with Gasteiger partial charge in [0.05, 0.1) is 0 Å². The predicted octanol–water partition coefficient (Wildman–Crippen LogP) is 2.88. The Bertz CT molecular complexity index is 341. The zero-order valence-corrected chi connectivity index (χ0v) is 9.97. The average molecular weight is 227 g/mol. The third kappa shape index (κ3) is 3.33. The van der Waals surface area contributed by atoms with E-state index in [4.69, 9.17) is 16.3 Å². The van der Waals surface area contributed by atoms with Crippen LogP contribution in [0.25, 0.3) is 0 Å². The minimum Gasteiger partial charge on any atom is -0.371 e. The molecule has 0 aromatic heterocycles. The van der Waals surface area contributed by atoms with Crippen molar-refractivity contribution < 1.29 is 9.53 Å². The molecule has 0 bridgehead atoms. The molecular weight excluding hydrogens is 212 g/mol. The highest BCUT2D eigenvalue weighted by molar-refractivity contribution is 6.30. The summed E-state index contributed by atoms with van der Waals surface area (Å²) in [6.45, 7) is 3.54. The second-order valence-electron chi connectivity index (χ2n) is 3.94. The summed E-state index contributed by atoms with van der Waals surface area (Å²) in [6.07, 6.45) is 0.373. The van der Waals surface area contributed by atoms with Gasteiger partial charge in [-0.15, -0.1) is 0 Å². The van der Waals surface area contributed by atoms with E-state index in [9.17, 15) is 4.79 Å². The molecular formula is C12H15ClO2. The van der Waals surface area contributed by atoms with Crippen molar-refractivity contribution in [3.05, 3.63) is 34.9 Å². The third-order valence-electron chi connectivity index (χ3n) is 2.46. The predicted molar refractivity (Wildman–Crippen MR) is 61.3 cm³/mol. The van der Waals surface area contributed by atoms with Gasteiger partial charge in [-0.3, -0.25) is 4.79 Å². The summed E-state index contributed by atoms with van der Waals surface area (Å²) in [5, 5.41) is 0.678. The summed E-state index contributed by atoms with van der Waals surface area (Å²) < 4.78 is 5.12. The number of hydrogen-bond donors (Lipinski definition) is 0. The lowest BCUT2D eigenvalue weighted by molar-refractivity contribution is -0.136. The summed E-state index contributed by atoms with van der Waals surface area (Å²) in [5.74, 6) is 0.0623. The molecule has 0 amide bonds. The minimum atomic E-state index is -0.723. The molecule has 0 spiro atoms. The van der Waals surface area contributed by atoms with E-state index in [1.807, 2.05) is 12.1 Å². The molecule has 0 unspecified atom stereocenters. The van der Waals surface area contributed by atoms with Crippen molar-refractivity contribution in [1.82, 2.24) is 0 Å². The number of ether oxygens (including phenoxy) is 1. The second kappa shape index (κ2) is 4.77. The van der Waals surface area contributed by atoms with Gasteiger partial charge in [0.2, 0.25) is 0 Å². The first-order valence-electron chi connectivity index (χ1n) is 4.78. The van der Waals surface area contributed by atoms with Gasteiger partial charge < -0.3 is 4.74 Å². The number of rotatable bonds is 4. The van der Waals surface area contributed by atoms with Crippen molar-refractivity contribution in [1.29, 1.82) is 0 Å². The normalized spacial score (nSPS) is 11.5. The van der Waals surface area contributed by atoms with Crippen LogP contribution in [0, 0.1) is 0 Å². The Hall–Kier alpha value is -0.860. The molecule has 0 saturated heterocycles. The molecule has 0 aliphatic heterocycles. The van der Waals surface area contributed by atoms with Crippen LogP contribution in [0.15, 0.2) is 24.3 Å². The van der Waals surface area contributed by atoms with E-state index < -0.39 is 5.60 Å².